The number of anilines is 1. The summed E-state index contributed by atoms with van der Waals surface area (Å²) in [5, 5.41) is 0. The van der Waals surface area contributed by atoms with E-state index in [0.717, 1.165) is 11.8 Å². The van der Waals surface area contributed by atoms with E-state index in [1.54, 1.807) is 12.1 Å². The zero-order valence-corrected chi connectivity index (χ0v) is 15.8. The molecule has 1 aliphatic rings. The number of hydrogen-bond donors (Lipinski definition) is 2. The summed E-state index contributed by atoms with van der Waals surface area (Å²) in [6.45, 7) is 2.91. The Hall–Kier alpha value is -2.71. The average Bonchev–Trinajstić information content (AvgIpc) is 2.67. The van der Waals surface area contributed by atoms with Crippen LogP contribution in [0.4, 0.5) is 14.5 Å². The molecule has 2 aromatic carbocycles. The summed E-state index contributed by atoms with van der Waals surface area (Å²) >= 11 is 0. The molecular weight excluding hydrogens is 390 g/mol. The van der Waals surface area contributed by atoms with E-state index in [1.807, 2.05) is 4.90 Å². The van der Waals surface area contributed by atoms with Crippen LogP contribution in [-0.2, 0) is 4.79 Å². The predicted molar refractivity (Wildman–Crippen MR) is 104 cm³/mol. The highest BCUT2D eigenvalue weighted by Crippen LogP contribution is 2.16. The van der Waals surface area contributed by atoms with Gasteiger partial charge in [-0.1, -0.05) is 6.07 Å². The maximum Gasteiger partial charge on any atom is 0.269 e. The summed E-state index contributed by atoms with van der Waals surface area (Å²) in [4.78, 5) is 28.0. The third-order valence-electron chi connectivity index (χ3n) is 4.33. The van der Waals surface area contributed by atoms with Gasteiger partial charge in [0.15, 0.2) is 0 Å². The maximum absolute atomic E-state index is 13.1. The van der Waals surface area contributed by atoms with Gasteiger partial charge in [-0.2, -0.15) is 0 Å². The number of carbonyl (C=O) groups is 2. The van der Waals surface area contributed by atoms with Crippen molar-refractivity contribution in [1.82, 2.24) is 15.8 Å². The van der Waals surface area contributed by atoms with Crippen molar-refractivity contribution in [3.05, 3.63) is 65.7 Å². The molecule has 1 aliphatic heterocycles. The van der Waals surface area contributed by atoms with Crippen LogP contribution in [-0.4, -0.2) is 49.4 Å². The maximum atomic E-state index is 13.1. The topological polar surface area (TPSA) is 64.7 Å². The van der Waals surface area contributed by atoms with Gasteiger partial charge in [0.05, 0.1) is 6.54 Å². The molecule has 150 valence electrons. The van der Waals surface area contributed by atoms with Gasteiger partial charge in [-0.05, 0) is 42.5 Å². The minimum Gasteiger partial charge on any atom is -0.369 e. The van der Waals surface area contributed by atoms with Gasteiger partial charge in [0.25, 0.3) is 11.8 Å². The third kappa shape index (κ3) is 5.90. The quantitative estimate of drug-likeness (QED) is 0.756. The van der Waals surface area contributed by atoms with E-state index in [0.29, 0.717) is 26.2 Å². The fraction of sp³-hybridized carbons (Fsp3) is 0.263. The van der Waals surface area contributed by atoms with Gasteiger partial charge < -0.3 is 4.90 Å². The second kappa shape index (κ2) is 10.0. The molecule has 0 aromatic heterocycles. The minimum atomic E-state index is -0.580. The number of hydrazine groups is 1. The van der Waals surface area contributed by atoms with Crippen LogP contribution in [0.3, 0.4) is 0 Å². The number of amides is 2. The Morgan fingerprint density at radius 3 is 2.21 bits per heavy atom. The van der Waals surface area contributed by atoms with Crippen LogP contribution in [0, 0.1) is 11.6 Å². The van der Waals surface area contributed by atoms with Gasteiger partial charge in [-0.25, -0.2) is 8.78 Å². The second-order valence-corrected chi connectivity index (χ2v) is 6.25. The molecule has 3 rings (SSSR count). The summed E-state index contributed by atoms with van der Waals surface area (Å²) in [5.74, 6) is -1.72. The molecule has 0 bridgehead atoms. The molecule has 0 aliphatic carbocycles. The lowest BCUT2D eigenvalue weighted by Crippen LogP contribution is -2.52. The minimum absolute atomic E-state index is 0. The van der Waals surface area contributed by atoms with Crippen molar-refractivity contribution in [1.29, 1.82) is 0 Å². The lowest BCUT2D eigenvalue weighted by molar-refractivity contribution is -0.123. The van der Waals surface area contributed by atoms with E-state index in [9.17, 15) is 18.4 Å². The number of carbonyl (C=O) groups excluding carboxylic acids is 2. The monoisotopic (exact) mass is 410 g/mol. The Morgan fingerprint density at radius 1 is 0.893 bits per heavy atom. The average molecular weight is 411 g/mol. The van der Waals surface area contributed by atoms with Gasteiger partial charge in [0.1, 0.15) is 11.6 Å². The van der Waals surface area contributed by atoms with Gasteiger partial charge in [0.2, 0.25) is 0 Å². The van der Waals surface area contributed by atoms with Crippen molar-refractivity contribution in [3.63, 3.8) is 0 Å². The van der Waals surface area contributed by atoms with E-state index < -0.39 is 11.7 Å². The van der Waals surface area contributed by atoms with Crippen molar-refractivity contribution in [3.8, 4) is 0 Å². The normalized spacial score (nSPS) is 14.1. The van der Waals surface area contributed by atoms with Crippen LogP contribution in [0.2, 0.25) is 0 Å². The molecule has 1 heterocycles. The number of hydrogen-bond acceptors (Lipinski definition) is 4. The first kappa shape index (κ1) is 21.6. The van der Waals surface area contributed by atoms with Crippen molar-refractivity contribution in [2.24, 2.45) is 0 Å². The molecule has 6 nitrogen and oxygen atoms in total. The van der Waals surface area contributed by atoms with Crippen LogP contribution in [0.25, 0.3) is 0 Å². The van der Waals surface area contributed by atoms with Gasteiger partial charge in [-0.15, -0.1) is 12.4 Å². The lowest BCUT2D eigenvalue weighted by Gasteiger charge is -2.35. The Morgan fingerprint density at radius 2 is 1.57 bits per heavy atom. The van der Waals surface area contributed by atoms with Gasteiger partial charge in [0, 0.05) is 37.4 Å². The largest absolute Gasteiger partial charge is 0.369 e. The van der Waals surface area contributed by atoms with E-state index in [2.05, 4.69) is 15.8 Å². The SMILES string of the molecule is Cl.O=C(CN1CCN(c2ccc(F)cc2)CC1)NNC(=O)c1cccc(F)c1. The first-order chi connectivity index (χ1) is 13.0. The van der Waals surface area contributed by atoms with Gasteiger partial charge in [-0.3, -0.25) is 25.3 Å². The van der Waals surface area contributed by atoms with Crippen molar-refractivity contribution in [2.75, 3.05) is 37.6 Å². The molecule has 0 atom stereocenters. The van der Waals surface area contributed by atoms with Crippen molar-refractivity contribution in [2.45, 2.75) is 0 Å². The Labute approximate surface area is 167 Å². The fourth-order valence-electron chi connectivity index (χ4n) is 2.89. The zero-order valence-electron chi connectivity index (χ0n) is 15.0. The lowest BCUT2D eigenvalue weighted by atomic mass is 10.2. The number of benzene rings is 2. The highest BCUT2D eigenvalue weighted by atomic mass is 35.5. The molecule has 0 unspecified atom stereocenters. The number of nitrogens with one attached hydrogen (secondary N) is 2. The van der Waals surface area contributed by atoms with Gasteiger partial charge >= 0.3 is 0 Å². The number of halogens is 3. The van der Waals surface area contributed by atoms with E-state index in [-0.39, 0.29) is 36.2 Å². The third-order valence-corrected chi connectivity index (χ3v) is 4.33. The van der Waals surface area contributed by atoms with Crippen LogP contribution in [0.1, 0.15) is 10.4 Å². The van der Waals surface area contributed by atoms with Crippen LogP contribution in [0.5, 0.6) is 0 Å². The Balaban J connectivity index is 0.00000280. The van der Waals surface area contributed by atoms with Crippen LogP contribution in [0.15, 0.2) is 48.5 Å². The predicted octanol–water partition coefficient (Wildman–Crippen LogP) is 1.97. The standard InChI is InChI=1S/C19H20F2N4O2.ClH/c20-15-4-6-17(7-5-15)25-10-8-24(9-11-25)13-18(26)22-23-19(27)14-2-1-3-16(21)12-14;/h1-7,12H,8-11,13H2,(H,22,26)(H,23,27);1H. The molecule has 28 heavy (non-hydrogen) atoms. The van der Waals surface area contributed by atoms with Crippen molar-refractivity contribution >= 4 is 29.9 Å². The van der Waals surface area contributed by atoms with Crippen LogP contribution >= 0.6 is 12.4 Å². The highest BCUT2D eigenvalue weighted by Gasteiger charge is 2.19. The summed E-state index contributed by atoms with van der Waals surface area (Å²) in [5.41, 5.74) is 5.69. The molecule has 2 amide bonds. The van der Waals surface area contributed by atoms with Crippen LogP contribution < -0.4 is 15.8 Å². The molecule has 1 fully saturated rings. The molecule has 2 N–H and O–H groups in total. The first-order valence-corrected chi connectivity index (χ1v) is 8.59. The summed E-state index contributed by atoms with van der Waals surface area (Å²) < 4.78 is 26.1. The number of rotatable bonds is 4. The van der Waals surface area contributed by atoms with E-state index in [4.69, 9.17) is 0 Å². The van der Waals surface area contributed by atoms with E-state index in [1.165, 1.54) is 30.3 Å². The van der Waals surface area contributed by atoms with E-state index >= 15 is 0 Å². The smallest absolute Gasteiger partial charge is 0.269 e. The Kier molecular flexibility index (Phi) is 7.71. The molecule has 1 saturated heterocycles. The molecule has 2 aromatic rings. The molecule has 0 saturated carbocycles. The highest BCUT2D eigenvalue weighted by molar-refractivity contribution is 5.95. The number of nitrogens with zero attached hydrogens (tertiary/aromatic N) is 2. The molecule has 0 radical (unpaired) electrons. The molecule has 9 heteroatoms. The zero-order chi connectivity index (χ0) is 19.2. The Bertz CT molecular complexity index is 812. The summed E-state index contributed by atoms with van der Waals surface area (Å²) in [6, 6.07) is 11.5. The second-order valence-electron chi connectivity index (χ2n) is 6.25. The molecule has 0 spiro atoms. The summed E-state index contributed by atoms with van der Waals surface area (Å²) in [6.07, 6.45) is 0. The molecular formula is C19H21ClF2N4O2. The summed E-state index contributed by atoms with van der Waals surface area (Å²) in [7, 11) is 0. The van der Waals surface area contributed by atoms with Crippen molar-refractivity contribution < 1.29 is 18.4 Å². The number of piperazine rings is 1. The fourth-order valence-corrected chi connectivity index (χ4v) is 2.89. The first-order valence-electron chi connectivity index (χ1n) is 8.59.